The first-order chi connectivity index (χ1) is 13.5. The summed E-state index contributed by atoms with van der Waals surface area (Å²) in [5.41, 5.74) is 2.86. The van der Waals surface area contributed by atoms with Crippen LogP contribution in [0.4, 0.5) is 0 Å². The molecule has 0 unspecified atom stereocenters. The van der Waals surface area contributed by atoms with Gasteiger partial charge in [-0.15, -0.1) is 0 Å². The Morgan fingerprint density at radius 2 is 1.93 bits per heavy atom. The van der Waals surface area contributed by atoms with Gasteiger partial charge in [0.05, 0.1) is 28.5 Å². The van der Waals surface area contributed by atoms with Crippen LogP contribution in [0, 0.1) is 11.3 Å². The average Bonchev–Trinajstić information content (AvgIpc) is 3.04. The first kappa shape index (κ1) is 19.5. The van der Waals surface area contributed by atoms with Crippen molar-refractivity contribution in [2.24, 2.45) is 4.99 Å². The Balaban J connectivity index is 2.08. The fourth-order valence-electron chi connectivity index (χ4n) is 2.75. The molecule has 142 valence electrons. The van der Waals surface area contributed by atoms with E-state index in [9.17, 15) is 9.59 Å². The lowest BCUT2D eigenvalue weighted by Gasteiger charge is -2.05. The Hall–Kier alpha value is -3.24. The molecule has 1 aromatic heterocycles. The summed E-state index contributed by atoms with van der Waals surface area (Å²) in [7, 11) is 0. The van der Waals surface area contributed by atoms with Gasteiger partial charge in [0.1, 0.15) is 6.54 Å². The van der Waals surface area contributed by atoms with Crippen molar-refractivity contribution in [1.29, 1.82) is 5.26 Å². The van der Waals surface area contributed by atoms with Gasteiger partial charge in [0.2, 0.25) is 0 Å². The van der Waals surface area contributed by atoms with E-state index in [1.165, 1.54) is 16.9 Å². The number of aromatic nitrogens is 1. The highest BCUT2D eigenvalue weighted by molar-refractivity contribution is 7.16. The van der Waals surface area contributed by atoms with Crippen molar-refractivity contribution in [3.8, 4) is 6.07 Å². The third-order valence-corrected chi connectivity index (χ3v) is 5.25. The Morgan fingerprint density at radius 1 is 1.18 bits per heavy atom. The van der Waals surface area contributed by atoms with E-state index < -0.39 is 5.91 Å². The highest BCUT2D eigenvalue weighted by Crippen LogP contribution is 2.20. The zero-order valence-corrected chi connectivity index (χ0v) is 16.5. The van der Waals surface area contributed by atoms with Gasteiger partial charge in [-0.3, -0.25) is 9.59 Å². The summed E-state index contributed by atoms with van der Waals surface area (Å²) in [6.07, 6.45) is 0.891. The molecule has 28 heavy (non-hydrogen) atoms. The Kier molecular flexibility index (Phi) is 6.02. The van der Waals surface area contributed by atoms with Gasteiger partial charge in [-0.2, -0.15) is 10.3 Å². The highest BCUT2D eigenvalue weighted by Gasteiger charge is 2.13. The lowest BCUT2D eigenvalue weighted by Crippen LogP contribution is -2.23. The predicted molar refractivity (Wildman–Crippen MR) is 107 cm³/mol. The monoisotopic (exact) mass is 393 g/mol. The number of nitriles is 1. The normalized spacial score (nSPS) is 11.4. The molecule has 0 N–H and O–H groups in total. The minimum Gasteiger partial charge on any atom is -0.465 e. The number of benzene rings is 2. The number of carbonyl (C=O) groups is 2. The second kappa shape index (κ2) is 8.63. The van der Waals surface area contributed by atoms with Gasteiger partial charge in [0.15, 0.2) is 4.80 Å². The van der Waals surface area contributed by atoms with Gasteiger partial charge in [0.25, 0.3) is 5.91 Å². The summed E-state index contributed by atoms with van der Waals surface area (Å²) in [6, 6.07) is 14.3. The molecule has 7 heteroatoms. The summed E-state index contributed by atoms with van der Waals surface area (Å²) < 4.78 is 7.73. The molecule has 0 saturated carbocycles. The minimum atomic E-state index is -0.427. The third-order valence-electron chi connectivity index (χ3n) is 4.21. The van der Waals surface area contributed by atoms with Crippen LogP contribution in [-0.4, -0.2) is 23.1 Å². The van der Waals surface area contributed by atoms with Gasteiger partial charge in [-0.05, 0) is 55.3 Å². The molecule has 0 radical (unpaired) electrons. The van der Waals surface area contributed by atoms with E-state index in [2.05, 4.69) is 11.9 Å². The molecule has 0 aliphatic carbocycles. The number of aryl methyl sites for hydroxylation is 1. The molecule has 0 aliphatic rings. The topological polar surface area (TPSA) is 84.5 Å². The lowest BCUT2D eigenvalue weighted by molar-refractivity contribution is -0.143. The van der Waals surface area contributed by atoms with Crippen LogP contribution in [0.15, 0.2) is 47.5 Å². The van der Waals surface area contributed by atoms with E-state index in [0.717, 1.165) is 16.6 Å². The van der Waals surface area contributed by atoms with Gasteiger partial charge in [-0.25, -0.2) is 0 Å². The molecule has 0 spiro atoms. The van der Waals surface area contributed by atoms with E-state index in [-0.39, 0.29) is 19.1 Å². The molecule has 0 fully saturated rings. The van der Waals surface area contributed by atoms with Crippen molar-refractivity contribution < 1.29 is 14.3 Å². The van der Waals surface area contributed by atoms with E-state index in [0.29, 0.717) is 15.9 Å². The van der Waals surface area contributed by atoms with Crippen molar-refractivity contribution in [3.05, 3.63) is 64.0 Å². The number of ether oxygens (including phenoxy) is 1. The maximum atomic E-state index is 12.6. The number of hydrogen-bond donors (Lipinski definition) is 0. The quantitative estimate of drug-likeness (QED) is 0.622. The molecule has 2 aromatic carbocycles. The Bertz CT molecular complexity index is 1130. The fraction of sp³-hybridized carbons (Fsp3) is 0.238. The van der Waals surface area contributed by atoms with Crippen LogP contribution in [0.1, 0.15) is 35.3 Å². The second-order valence-electron chi connectivity index (χ2n) is 6.04. The van der Waals surface area contributed by atoms with Gasteiger partial charge < -0.3 is 9.30 Å². The number of esters is 1. The number of hydrogen-bond acceptors (Lipinski definition) is 5. The molecule has 3 aromatic rings. The number of fused-ring (bicyclic) bond motifs is 1. The molecule has 0 bridgehead atoms. The van der Waals surface area contributed by atoms with Crippen LogP contribution >= 0.6 is 11.3 Å². The number of nitrogens with zero attached hydrogens (tertiary/aromatic N) is 3. The third kappa shape index (κ3) is 4.18. The van der Waals surface area contributed by atoms with Crippen LogP contribution in [0.2, 0.25) is 0 Å². The van der Waals surface area contributed by atoms with Crippen LogP contribution in [-0.2, 0) is 22.5 Å². The average molecular weight is 393 g/mol. The SMILES string of the molecule is CCOC(=O)Cn1c(=NC(=O)c2ccc(C#N)cc2)sc2cc(CC)ccc21. The summed E-state index contributed by atoms with van der Waals surface area (Å²) in [5.74, 6) is -0.807. The van der Waals surface area contributed by atoms with Crippen LogP contribution in [0.25, 0.3) is 10.2 Å². The molecule has 0 atom stereocenters. The molecule has 1 heterocycles. The number of amides is 1. The van der Waals surface area contributed by atoms with Crippen molar-refractivity contribution in [1.82, 2.24) is 4.57 Å². The maximum Gasteiger partial charge on any atom is 0.326 e. The van der Waals surface area contributed by atoms with E-state index in [1.54, 1.807) is 35.8 Å². The number of carbonyl (C=O) groups excluding carboxylic acids is 2. The maximum absolute atomic E-state index is 12.6. The fourth-order valence-corrected chi connectivity index (χ4v) is 3.84. The summed E-state index contributed by atoms with van der Waals surface area (Å²) in [4.78, 5) is 29.3. The Morgan fingerprint density at radius 3 is 2.57 bits per heavy atom. The van der Waals surface area contributed by atoms with E-state index in [4.69, 9.17) is 10.00 Å². The Labute approximate surface area is 166 Å². The van der Waals surface area contributed by atoms with Crippen molar-refractivity contribution in [2.45, 2.75) is 26.8 Å². The standard InChI is InChI=1S/C21H19N3O3S/c1-3-14-7-10-17-18(11-14)28-21(24(17)13-19(25)27-4-2)23-20(26)16-8-5-15(12-22)6-9-16/h5-11H,3-4,13H2,1-2H3. The number of rotatable bonds is 5. The minimum absolute atomic E-state index is 0.0151. The van der Waals surface area contributed by atoms with E-state index in [1.807, 2.05) is 24.3 Å². The van der Waals surface area contributed by atoms with Crippen molar-refractivity contribution in [3.63, 3.8) is 0 Å². The predicted octanol–water partition coefficient (Wildman–Crippen LogP) is 3.44. The smallest absolute Gasteiger partial charge is 0.326 e. The summed E-state index contributed by atoms with van der Waals surface area (Å²) in [6.45, 7) is 4.10. The molecule has 0 saturated heterocycles. The van der Waals surface area contributed by atoms with Gasteiger partial charge >= 0.3 is 5.97 Å². The number of thiazole rings is 1. The largest absolute Gasteiger partial charge is 0.465 e. The highest BCUT2D eigenvalue weighted by atomic mass is 32.1. The second-order valence-corrected chi connectivity index (χ2v) is 7.05. The zero-order chi connectivity index (χ0) is 20.1. The van der Waals surface area contributed by atoms with Crippen molar-refractivity contribution >= 4 is 33.4 Å². The molecule has 1 amide bonds. The van der Waals surface area contributed by atoms with Crippen LogP contribution < -0.4 is 4.80 Å². The molecular weight excluding hydrogens is 374 g/mol. The van der Waals surface area contributed by atoms with E-state index >= 15 is 0 Å². The lowest BCUT2D eigenvalue weighted by atomic mass is 10.1. The van der Waals surface area contributed by atoms with Crippen LogP contribution in [0.5, 0.6) is 0 Å². The molecular formula is C21H19N3O3S. The first-order valence-electron chi connectivity index (χ1n) is 8.92. The summed E-state index contributed by atoms with van der Waals surface area (Å²) in [5, 5.41) is 8.89. The molecule has 3 rings (SSSR count). The van der Waals surface area contributed by atoms with Crippen molar-refractivity contribution in [2.75, 3.05) is 6.61 Å². The van der Waals surface area contributed by atoms with Gasteiger partial charge in [0, 0.05) is 5.56 Å². The van der Waals surface area contributed by atoms with Crippen LogP contribution in [0.3, 0.4) is 0 Å². The zero-order valence-electron chi connectivity index (χ0n) is 15.6. The van der Waals surface area contributed by atoms with Gasteiger partial charge in [-0.1, -0.05) is 24.3 Å². The molecule has 0 aliphatic heterocycles. The molecule has 6 nitrogen and oxygen atoms in total. The first-order valence-corrected chi connectivity index (χ1v) is 9.74. The summed E-state index contributed by atoms with van der Waals surface area (Å²) >= 11 is 1.36.